The zero-order valence-corrected chi connectivity index (χ0v) is 13.9. The van der Waals surface area contributed by atoms with Crippen LogP contribution in [0, 0.1) is 5.41 Å². The van der Waals surface area contributed by atoms with E-state index in [1.54, 1.807) is 4.90 Å². The van der Waals surface area contributed by atoms with Crippen molar-refractivity contribution in [3.05, 3.63) is 24.3 Å². The molecule has 9 heteroatoms. The van der Waals surface area contributed by atoms with Gasteiger partial charge >= 0.3 is 12.5 Å². The summed E-state index contributed by atoms with van der Waals surface area (Å²) in [5.41, 5.74) is 5.06. The molecule has 1 saturated carbocycles. The van der Waals surface area contributed by atoms with Crippen LogP contribution in [0.3, 0.4) is 0 Å². The molecular formula is C17H19F3N2O4. The molecule has 1 aliphatic heterocycles. The fourth-order valence-corrected chi connectivity index (χ4v) is 3.78. The minimum atomic E-state index is -4.75. The third-order valence-electron chi connectivity index (χ3n) is 5.07. The average molecular weight is 372 g/mol. The first-order valence-electron chi connectivity index (χ1n) is 8.32. The summed E-state index contributed by atoms with van der Waals surface area (Å²) >= 11 is 0. The quantitative estimate of drug-likeness (QED) is 0.882. The summed E-state index contributed by atoms with van der Waals surface area (Å²) in [6.45, 7) is 0.500. The molecule has 1 heterocycles. The van der Waals surface area contributed by atoms with Gasteiger partial charge in [-0.15, -0.1) is 13.2 Å². The van der Waals surface area contributed by atoms with Crippen molar-refractivity contribution in [1.29, 1.82) is 0 Å². The lowest BCUT2D eigenvalue weighted by Gasteiger charge is -2.35. The number of hydrogen-bond donors (Lipinski definition) is 1. The number of alkyl halides is 3. The largest absolute Gasteiger partial charge is 0.573 e. The van der Waals surface area contributed by atoms with Gasteiger partial charge in [-0.2, -0.15) is 0 Å². The molecule has 6 nitrogen and oxygen atoms in total. The van der Waals surface area contributed by atoms with Crippen molar-refractivity contribution in [2.45, 2.75) is 44.6 Å². The predicted molar refractivity (Wildman–Crippen MR) is 85.5 cm³/mol. The maximum Gasteiger partial charge on any atom is 0.573 e. The van der Waals surface area contributed by atoms with Crippen molar-refractivity contribution in [2.75, 3.05) is 11.4 Å². The second kappa shape index (κ2) is 6.69. The minimum Gasteiger partial charge on any atom is -0.446 e. The number of carbonyl (C=O) groups is 2. The lowest BCUT2D eigenvalue weighted by atomic mass is 9.72. The van der Waals surface area contributed by atoms with E-state index >= 15 is 0 Å². The monoisotopic (exact) mass is 372 g/mol. The molecule has 0 radical (unpaired) electrons. The first kappa shape index (κ1) is 18.3. The SMILES string of the molecule is NC(=O)O[C@H]1CC[C@@]2(CCN(c3ccc(OC(F)(F)F)cc3)C2=O)CC1. The van der Waals surface area contributed by atoms with Crippen LogP contribution >= 0.6 is 0 Å². The van der Waals surface area contributed by atoms with E-state index in [1.807, 2.05) is 0 Å². The van der Waals surface area contributed by atoms with Crippen LogP contribution in [-0.4, -0.2) is 31.0 Å². The van der Waals surface area contributed by atoms with Crippen LogP contribution in [0.4, 0.5) is 23.7 Å². The van der Waals surface area contributed by atoms with E-state index in [2.05, 4.69) is 4.74 Å². The Labute approximate surface area is 148 Å². The molecule has 0 atom stereocenters. The van der Waals surface area contributed by atoms with Crippen LogP contribution in [0.2, 0.25) is 0 Å². The van der Waals surface area contributed by atoms with Gasteiger partial charge < -0.3 is 20.1 Å². The van der Waals surface area contributed by atoms with Crippen LogP contribution in [0.25, 0.3) is 0 Å². The third kappa shape index (κ3) is 3.86. The molecule has 2 amide bonds. The van der Waals surface area contributed by atoms with Crippen molar-refractivity contribution in [3.63, 3.8) is 0 Å². The summed E-state index contributed by atoms with van der Waals surface area (Å²) in [5.74, 6) is -0.369. The summed E-state index contributed by atoms with van der Waals surface area (Å²) in [7, 11) is 0. The highest BCUT2D eigenvalue weighted by atomic mass is 19.4. The van der Waals surface area contributed by atoms with Crippen molar-refractivity contribution in [2.24, 2.45) is 11.1 Å². The molecule has 2 fully saturated rings. The minimum absolute atomic E-state index is 0.0421. The Morgan fingerprint density at radius 3 is 2.31 bits per heavy atom. The van der Waals surface area contributed by atoms with Gasteiger partial charge in [0.05, 0.1) is 5.41 Å². The zero-order chi connectivity index (χ0) is 18.9. The van der Waals surface area contributed by atoms with Gasteiger partial charge in [0.25, 0.3) is 0 Å². The Hall–Kier alpha value is -2.45. The second-order valence-corrected chi connectivity index (χ2v) is 6.67. The summed E-state index contributed by atoms with van der Waals surface area (Å²) in [6, 6.07) is 5.27. The van der Waals surface area contributed by atoms with Gasteiger partial charge in [-0.1, -0.05) is 0 Å². The van der Waals surface area contributed by atoms with Gasteiger partial charge in [-0.25, -0.2) is 4.79 Å². The van der Waals surface area contributed by atoms with Gasteiger partial charge in [0, 0.05) is 12.2 Å². The number of primary amides is 1. The van der Waals surface area contributed by atoms with E-state index in [0.29, 0.717) is 44.3 Å². The van der Waals surface area contributed by atoms with E-state index in [-0.39, 0.29) is 17.8 Å². The van der Waals surface area contributed by atoms with Crippen LogP contribution in [-0.2, 0) is 9.53 Å². The highest BCUT2D eigenvalue weighted by Gasteiger charge is 2.49. The molecule has 3 rings (SSSR count). The normalized spacial score (nSPS) is 26.2. The number of halogens is 3. The first-order chi connectivity index (χ1) is 12.2. The molecule has 0 bridgehead atoms. The maximum absolute atomic E-state index is 12.9. The highest BCUT2D eigenvalue weighted by Crippen LogP contribution is 2.46. The predicted octanol–water partition coefficient (Wildman–Crippen LogP) is 3.35. The number of anilines is 1. The fourth-order valence-electron chi connectivity index (χ4n) is 3.78. The van der Waals surface area contributed by atoms with Crippen LogP contribution in [0.5, 0.6) is 5.75 Å². The van der Waals surface area contributed by atoms with Crippen molar-refractivity contribution < 1.29 is 32.2 Å². The van der Waals surface area contributed by atoms with Gasteiger partial charge in [-0.3, -0.25) is 4.79 Å². The molecule has 1 aliphatic carbocycles. The van der Waals surface area contributed by atoms with Crippen LogP contribution in [0.1, 0.15) is 32.1 Å². The fraction of sp³-hybridized carbons (Fsp3) is 0.529. The van der Waals surface area contributed by atoms with E-state index in [9.17, 15) is 22.8 Å². The molecule has 26 heavy (non-hydrogen) atoms. The molecule has 142 valence electrons. The van der Waals surface area contributed by atoms with E-state index in [1.165, 1.54) is 24.3 Å². The maximum atomic E-state index is 12.9. The van der Waals surface area contributed by atoms with Crippen LogP contribution < -0.4 is 15.4 Å². The summed E-state index contributed by atoms with van der Waals surface area (Å²) in [4.78, 5) is 25.3. The summed E-state index contributed by atoms with van der Waals surface area (Å²) in [5, 5.41) is 0. The Kier molecular flexibility index (Phi) is 4.72. The van der Waals surface area contributed by atoms with Crippen LogP contribution in [0.15, 0.2) is 24.3 Å². The number of ether oxygens (including phenoxy) is 2. The van der Waals surface area contributed by atoms with Gasteiger partial charge in [0.2, 0.25) is 5.91 Å². The Morgan fingerprint density at radius 2 is 1.77 bits per heavy atom. The molecule has 1 saturated heterocycles. The number of nitrogens with zero attached hydrogens (tertiary/aromatic N) is 1. The number of nitrogens with two attached hydrogens (primary N) is 1. The molecule has 0 unspecified atom stereocenters. The number of rotatable bonds is 3. The molecule has 1 spiro atoms. The van der Waals surface area contributed by atoms with Gasteiger partial charge in [0.1, 0.15) is 11.9 Å². The molecular weight excluding hydrogens is 353 g/mol. The Morgan fingerprint density at radius 1 is 1.15 bits per heavy atom. The third-order valence-corrected chi connectivity index (χ3v) is 5.07. The van der Waals surface area contributed by atoms with Crippen molar-refractivity contribution in [1.82, 2.24) is 0 Å². The smallest absolute Gasteiger partial charge is 0.446 e. The Bertz CT molecular complexity index is 682. The van der Waals surface area contributed by atoms with Crippen molar-refractivity contribution >= 4 is 17.7 Å². The number of benzene rings is 1. The van der Waals surface area contributed by atoms with Gasteiger partial charge in [-0.05, 0) is 56.4 Å². The second-order valence-electron chi connectivity index (χ2n) is 6.67. The molecule has 2 N–H and O–H groups in total. The number of hydrogen-bond acceptors (Lipinski definition) is 4. The van der Waals surface area contributed by atoms with Crippen molar-refractivity contribution in [3.8, 4) is 5.75 Å². The molecule has 0 aromatic heterocycles. The average Bonchev–Trinajstić information content (AvgIpc) is 2.86. The summed E-state index contributed by atoms with van der Waals surface area (Å²) < 4.78 is 45.5. The highest BCUT2D eigenvalue weighted by molar-refractivity contribution is 6.00. The zero-order valence-electron chi connectivity index (χ0n) is 13.9. The number of amides is 2. The van der Waals surface area contributed by atoms with E-state index in [0.717, 1.165) is 0 Å². The van der Waals surface area contributed by atoms with E-state index < -0.39 is 17.9 Å². The van der Waals surface area contributed by atoms with E-state index in [4.69, 9.17) is 10.5 Å². The molecule has 2 aliphatic rings. The molecule has 1 aromatic carbocycles. The topological polar surface area (TPSA) is 81.9 Å². The first-order valence-corrected chi connectivity index (χ1v) is 8.32. The lowest BCUT2D eigenvalue weighted by molar-refractivity contribution is -0.274. The Balaban J connectivity index is 1.65. The summed E-state index contributed by atoms with van der Waals surface area (Å²) in [6.07, 6.45) is -2.84. The molecule has 1 aromatic rings. The standard InChI is InChI=1S/C17H19F3N2O4/c18-17(19,20)26-13-3-1-11(2-4-13)22-10-9-16(14(22)23)7-5-12(6-8-16)25-15(21)24/h1-4,12H,5-10H2,(H2,21,24)/t12-,16-. The number of carbonyl (C=O) groups excluding carboxylic acids is 2. The van der Waals surface area contributed by atoms with Gasteiger partial charge in [0.15, 0.2) is 0 Å². The lowest BCUT2D eigenvalue weighted by Crippen LogP contribution is -2.39.